The number of fused-ring (bicyclic) bond motifs is 5. The molecule has 0 atom stereocenters. The highest BCUT2D eigenvalue weighted by molar-refractivity contribution is 9.10. The maximum absolute atomic E-state index is 3.61. The van der Waals surface area contributed by atoms with Gasteiger partial charge in [-0.2, -0.15) is 0 Å². The molecule has 0 aliphatic heterocycles. The molecule has 1 heterocycles. The van der Waals surface area contributed by atoms with Crippen LogP contribution in [-0.4, -0.2) is 4.98 Å². The molecule has 0 bridgehead atoms. The van der Waals surface area contributed by atoms with Gasteiger partial charge in [0.1, 0.15) is 0 Å². The van der Waals surface area contributed by atoms with E-state index in [1.165, 1.54) is 32.6 Å². The van der Waals surface area contributed by atoms with E-state index in [4.69, 9.17) is 0 Å². The molecule has 1 aromatic heterocycles. The highest BCUT2D eigenvalue weighted by Crippen LogP contribution is 2.33. The summed E-state index contributed by atoms with van der Waals surface area (Å²) in [4.78, 5) is 3.53. The Balaban J connectivity index is 2.32. The Labute approximate surface area is 113 Å². The Morgan fingerprint density at radius 1 is 0.667 bits per heavy atom. The van der Waals surface area contributed by atoms with Gasteiger partial charge in [0.15, 0.2) is 0 Å². The van der Waals surface area contributed by atoms with E-state index < -0.39 is 0 Å². The van der Waals surface area contributed by atoms with Crippen LogP contribution in [0, 0.1) is 0 Å². The first-order valence-corrected chi connectivity index (χ1v) is 6.71. The summed E-state index contributed by atoms with van der Waals surface area (Å²) in [5.74, 6) is 0. The zero-order chi connectivity index (χ0) is 12.1. The molecule has 0 saturated carbocycles. The van der Waals surface area contributed by atoms with Gasteiger partial charge in [0, 0.05) is 26.1 Å². The molecule has 0 aliphatic carbocycles. The highest BCUT2D eigenvalue weighted by atomic mass is 79.9. The lowest BCUT2D eigenvalue weighted by molar-refractivity contribution is 1.56. The number of benzene rings is 3. The Morgan fingerprint density at radius 3 is 2.33 bits per heavy atom. The predicted molar refractivity (Wildman–Crippen MR) is 81.0 cm³/mol. The smallest absolute Gasteiger partial charge is 0.0544 e. The van der Waals surface area contributed by atoms with Crippen LogP contribution in [0.3, 0.4) is 0 Å². The van der Waals surface area contributed by atoms with Gasteiger partial charge in [0.05, 0.1) is 5.52 Å². The van der Waals surface area contributed by atoms with Gasteiger partial charge in [-0.15, -0.1) is 0 Å². The highest BCUT2D eigenvalue weighted by Gasteiger charge is 2.07. The third-order valence-corrected chi connectivity index (χ3v) is 4.18. The fourth-order valence-electron chi connectivity index (χ4n) is 2.64. The average Bonchev–Trinajstić information content (AvgIpc) is 2.78. The molecule has 0 spiro atoms. The van der Waals surface area contributed by atoms with Gasteiger partial charge in [0.25, 0.3) is 0 Å². The Bertz CT molecular complexity index is 889. The molecule has 0 amide bonds. The van der Waals surface area contributed by atoms with Crippen LogP contribution in [0.15, 0.2) is 59.1 Å². The van der Waals surface area contributed by atoms with Crippen molar-refractivity contribution in [1.82, 2.24) is 4.98 Å². The van der Waals surface area contributed by atoms with Gasteiger partial charge in [-0.1, -0.05) is 58.4 Å². The van der Waals surface area contributed by atoms with E-state index in [-0.39, 0.29) is 0 Å². The molecular formula is C16H10BrN. The summed E-state index contributed by atoms with van der Waals surface area (Å²) in [6, 6.07) is 19.1. The number of rotatable bonds is 0. The first-order chi connectivity index (χ1) is 8.84. The van der Waals surface area contributed by atoms with Crippen LogP contribution >= 0.6 is 15.9 Å². The van der Waals surface area contributed by atoms with E-state index in [0.717, 1.165) is 4.47 Å². The number of para-hydroxylation sites is 1. The summed E-state index contributed by atoms with van der Waals surface area (Å²) >= 11 is 3.61. The molecule has 1 N–H and O–H groups in total. The number of hydrogen-bond donors (Lipinski definition) is 1. The second-order valence-corrected chi connectivity index (χ2v) is 5.35. The lowest BCUT2D eigenvalue weighted by Gasteiger charge is -2.01. The number of H-pyrrole nitrogens is 1. The van der Waals surface area contributed by atoms with Gasteiger partial charge >= 0.3 is 0 Å². The summed E-state index contributed by atoms with van der Waals surface area (Å²) in [6.07, 6.45) is 0. The minimum Gasteiger partial charge on any atom is -0.354 e. The monoisotopic (exact) mass is 295 g/mol. The molecule has 0 saturated heterocycles. The lowest BCUT2D eigenvalue weighted by atomic mass is 10.1. The van der Waals surface area contributed by atoms with E-state index in [2.05, 4.69) is 75.5 Å². The van der Waals surface area contributed by atoms with E-state index >= 15 is 0 Å². The minimum atomic E-state index is 1.14. The molecule has 86 valence electrons. The fourth-order valence-corrected chi connectivity index (χ4v) is 3.14. The maximum Gasteiger partial charge on any atom is 0.0544 e. The Morgan fingerprint density at radius 2 is 1.39 bits per heavy atom. The van der Waals surface area contributed by atoms with Crippen molar-refractivity contribution in [1.29, 1.82) is 0 Å². The second-order valence-electron chi connectivity index (χ2n) is 4.49. The fraction of sp³-hybridized carbons (Fsp3) is 0. The number of hydrogen-bond acceptors (Lipinski definition) is 0. The largest absolute Gasteiger partial charge is 0.354 e. The molecule has 18 heavy (non-hydrogen) atoms. The molecule has 0 fully saturated rings. The summed E-state index contributed by atoms with van der Waals surface area (Å²) in [6.45, 7) is 0. The van der Waals surface area contributed by atoms with Crippen molar-refractivity contribution in [3.63, 3.8) is 0 Å². The first kappa shape index (κ1) is 10.2. The molecule has 4 rings (SSSR count). The summed E-state index contributed by atoms with van der Waals surface area (Å²) in [7, 11) is 0. The van der Waals surface area contributed by atoms with Gasteiger partial charge in [-0.25, -0.2) is 0 Å². The summed E-state index contributed by atoms with van der Waals surface area (Å²) < 4.78 is 1.14. The topological polar surface area (TPSA) is 15.8 Å². The van der Waals surface area contributed by atoms with E-state index in [1.807, 2.05) is 0 Å². The van der Waals surface area contributed by atoms with Crippen LogP contribution in [-0.2, 0) is 0 Å². The van der Waals surface area contributed by atoms with Gasteiger partial charge in [-0.3, -0.25) is 0 Å². The second kappa shape index (κ2) is 3.59. The predicted octanol–water partition coefficient (Wildman–Crippen LogP) is 5.24. The number of halogens is 1. The van der Waals surface area contributed by atoms with E-state index in [0.29, 0.717) is 0 Å². The number of nitrogens with one attached hydrogen (secondary N) is 1. The normalized spacial score (nSPS) is 11.6. The quantitative estimate of drug-likeness (QED) is 0.457. The Hall–Kier alpha value is -1.80. The van der Waals surface area contributed by atoms with Crippen LogP contribution in [0.1, 0.15) is 0 Å². The van der Waals surface area contributed by atoms with Crippen molar-refractivity contribution in [3.8, 4) is 0 Å². The van der Waals surface area contributed by atoms with Crippen molar-refractivity contribution in [2.24, 2.45) is 0 Å². The van der Waals surface area contributed by atoms with Gasteiger partial charge < -0.3 is 4.98 Å². The van der Waals surface area contributed by atoms with Crippen LogP contribution in [0.25, 0.3) is 32.6 Å². The molecular weight excluding hydrogens is 286 g/mol. The van der Waals surface area contributed by atoms with E-state index in [1.54, 1.807) is 0 Å². The number of aromatic nitrogens is 1. The van der Waals surface area contributed by atoms with Crippen LogP contribution in [0.5, 0.6) is 0 Å². The third-order valence-electron chi connectivity index (χ3n) is 3.49. The van der Waals surface area contributed by atoms with Crippen LogP contribution in [0.4, 0.5) is 0 Å². The molecule has 1 nitrogen and oxygen atoms in total. The van der Waals surface area contributed by atoms with Crippen molar-refractivity contribution < 1.29 is 0 Å². The zero-order valence-corrected chi connectivity index (χ0v) is 11.2. The average molecular weight is 296 g/mol. The molecule has 2 heteroatoms. The van der Waals surface area contributed by atoms with Crippen LogP contribution < -0.4 is 0 Å². The first-order valence-electron chi connectivity index (χ1n) is 5.92. The molecule has 4 aromatic rings. The summed E-state index contributed by atoms with van der Waals surface area (Å²) in [5, 5.41) is 5.08. The minimum absolute atomic E-state index is 1.14. The van der Waals surface area contributed by atoms with Crippen molar-refractivity contribution in [2.75, 3.05) is 0 Å². The van der Waals surface area contributed by atoms with Gasteiger partial charge in [-0.05, 0) is 17.5 Å². The molecule has 0 unspecified atom stereocenters. The Kier molecular flexibility index (Phi) is 2.03. The maximum atomic E-state index is 3.61. The number of aromatic amines is 1. The van der Waals surface area contributed by atoms with Crippen molar-refractivity contribution >= 4 is 48.5 Å². The van der Waals surface area contributed by atoms with Crippen molar-refractivity contribution in [3.05, 3.63) is 59.1 Å². The van der Waals surface area contributed by atoms with Gasteiger partial charge in [0.2, 0.25) is 0 Å². The lowest BCUT2D eigenvalue weighted by Crippen LogP contribution is -1.76. The summed E-state index contributed by atoms with van der Waals surface area (Å²) in [5.41, 5.74) is 2.41. The molecule has 0 aliphatic rings. The van der Waals surface area contributed by atoms with Crippen molar-refractivity contribution in [2.45, 2.75) is 0 Å². The van der Waals surface area contributed by atoms with Crippen LogP contribution in [0.2, 0.25) is 0 Å². The SMILES string of the molecule is Brc1cccc2c1ccc1c3ccccc3[nH]c21. The van der Waals surface area contributed by atoms with E-state index in [9.17, 15) is 0 Å². The standard InChI is InChI=1S/C16H10BrN/c17-14-6-3-5-12-10(14)8-9-13-11-4-1-2-7-15(11)18-16(12)13/h1-9,18H. The zero-order valence-electron chi connectivity index (χ0n) is 9.57. The molecule has 3 aromatic carbocycles. The molecule has 0 radical (unpaired) electrons. The third kappa shape index (κ3) is 1.27.